The molecule has 0 saturated carbocycles. The van der Waals surface area contributed by atoms with Gasteiger partial charge in [0.15, 0.2) is 0 Å². The van der Waals surface area contributed by atoms with Crippen LogP contribution in [-0.4, -0.2) is 6.54 Å². The quantitative estimate of drug-likeness (QED) is 0.607. The Morgan fingerprint density at radius 2 is 2.00 bits per heavy atom. The van der Waals surface area contributed by atoms with E-state index in [2.05, 4.69) is 59.4 Å². The normalized spacial score (nSPS) is 12.4. The van der Waals surface area contributed by atoms with Crippen molar-refractivity contribution in [2.24, 2.45) is 0 Å². The maximum atomic E-state index is 6.19. The van der Waals surface area contributed by atoms with Gasteiger partial charge in [-0.15, -0.1) is 11.8 Å². The van der Waals surface area contributed by atoms with Crippen LogP contribution in [0.5, 0.6) is 0 Å². The Morgan fingerprint density at radius 1 is 1.24 bits per heavy atom. The molecule has 21 heavy (non-hydrogen) atoms. The summed E-state index contributed by atoms with van der Waals surface area (Å²) in [5.41, 5.74) is 2.46. The number of thioether (sulfide) groups is 1. The monoisotopic (exact) mass is 383 g/mol. The van der Waals surface area contributed by atoms with Gasteiger partial charge in [0.05, 0.1) is 0 Å². The summed E-state index contributed by atoms with van der Waals surface area (Å²) in [5, 5.41) is 4.27. The third-order valence-corrected chi connectivity index (χ3v) is 5.40. The maximum Gasteiger partial charge on any atom is 0.0446 e. The Balaban J connectivity index is 2.05. The first-order chi connectivity index (χ1) is 10.1. The fraction of sp³-hybridized carbons (Fsp3) is 0.294. The molecule has 112 valence electrons. The van der Waals surface area contributed by atoms with Gasteiger partial charge in [0, 0.05) is 26.2 Å². The first-order valence-corrected chi connectivity index (χ1v) is 9.16. The largest absolute Gasteiger partial charge is 0.310 e. The van der Waals surface area contributed by atoms with Gasteiger partial charge in [0.2, 0.25) is 0 Å². The van der Waals surface area contributed by atoms with Gasteiger partial charge in [-0.3, -0.25) is 0 Å². The van der Waals surface area contributed by atoms with Crippen molar-refractivity contribution >= 4 is 39.3 Å². The van der Waals surface area contributed by atoms with Crippen LogP contribution >= 0.6 is 39.3 Å². The van der Waals surface area contributed by atoms with Crippen LogP contribution < -0.4 is 5.32 Å². The standard InChI is InChI=1S/C17H19BrClNS/c1-3-20-12(2)15-9-8-14(10-16(15)18)21-11-13-6-4-5-7-17(13)19/h4-10,12,20H,3,11H2,1-2H3. The Bertz CT molecular complexity index is 603. The summed E-state index contributed by atoms with van der Waals surface area (Å²) in [6.07, 6.45) is 0. The SMILES string of the molecule is CCNC(C)c1ccc(SCc2ccccc2Cl)cc1Br. The lowest BCUT2D eigenvalue weighted by molar-refractivity contribution is 0.595. The average molecular weight is 385 g/mol. The van der Waals surface area contributed by atoms with Gasteiger partial charge in [-0.2, -0.15) is 0 Å². The summed E-state index contributed by atoms with van der Waals surface area (Å²) in [6.45, 7) is 5.27. The molecule has 0 spiro atoms. The summed E-state index contributed by atoms with van der Waals surface area (Å²) < 4.78 is 1.15. The van der Waals surface area contributed by atoms with E-state index in [0.717, 1.165) is 21.8 Å². The fourth-order valence-electron chi connectivity index (χ4n) is 2.14. The molecule has 2 aromatic rings. The summed E-state index contributed by atoms with van der Waals surface area (Å²) in [5.74, 6) is 0.883. The van der Waals surface area contributed by atoms with Crippen molar-refractivity contribution in [3.05, 3.63) is 63.1 Å². The molecule has 4 heteroatoms. The van der Waals surface area contributed by atoms with Crippen molar-refractivity contribution in [2.75, 3.05) is 6.54 Å². The number of hydrogen-bond donors (Lipinski definition) is 1. The highest BCUT2D eigenvalue weighted by Crippen LogP contribution is 2.31. The molecule has 1 N–H and O–H groups in total. The van der Waals surface area contributed by atoms with Gasteiger partial charge in [-0.1, -0.05) is 58.7 Å². The lowest BCUT2D eigenvalue weighted by Gasteiger charge is -2.15. The minimum Gasteiger partial charge on any atom is -0.310 e. The van der Waals surface area contributed by atoms with Crippen LogP contribution in [0.25, 0.3) is 0 Å². The lowest BCUT2D eigenvalue weighted by Crippen LogP contribution is -2.18. The van der Waals surface area contributed by atoms with Gasteiger partial charge >= 0.3 is 0 Å². The van der Waals surface area contributed by atoms with Crippen molar-refractivity contribution in [1.29, 1.82) is 0 Å². The average Bonchev–Trinajstić information content (AvgIpc) is 2.46. The van der Waals surface area contributed by atoms with Crippen LogP contribution in [0.1, 0.15) is 31.0 Å². The third-order valence-electron chi connectivity index (χ3n) is 3.30. The molecule has 1 nitrogen and oxygen atoms in total. The van der Waals surface area contributed by atoms with Crippen molar-refractivity contribution in [1.82, 2.24) is 5.32 Å². The predicted octanol–water partition coefficient (Wildman–Crippen LogP) is 6.07. The number of halogens is 2. The van der Waals surface area contributed by atoms with Gasteiger partial charge in [0.1, 0.15) is 0 Å². The third kappa shape index (κ3) is 4.75. The van der Waals surface area contributed by atoms with Crippen molar-refractivity contribution in [3.8, 4) is 0 Å². The van der Waals surface area contributed by atoms with E-state index in [-0.39, 0.29) is 0 Å². The van der Waals surface area contributed by atoms with Crippen LogP contribution in [0.3, 0.4) is 0 Å². The van der Waals surface area contributed by atoms with E-state index in [1.54, 1.807) is 11.8 Å². The van der Waals surface area contributed by atoms with Crippen LogP contribution in [-0.2, 0) is 5.75 Å². The zero-order valence-corrected chi connectivity index (χ0v) is 15.4. The Morgan fingerprint density at radius 3 is 2.67 bits per heavy atom. The Kier molecular flexibility index (Phi) is 6.62. The predicted molar refractivity (Wildman–Crippen MR) is 97.2 cm³/mol. The fourth-order valence-corrected chi connectivity index (χ4v) is 4.24. The highest BCUT2D eigenvalue weighted by molar-refractivity contribution is 9.10. The Hall–Kier alpha value is -0.480. The van der Waals surface area contributed by atoms with Crippen LogP contribution in [0.4, 0.5) is 0 Å². The number of rotatable bonds is 6. The first-order valence-electron chi connectivity index (χ1n) is 7.01. The molecule has 0 amide bonds. The molecule has 2 rings (SSSR count). The topological polar surface area (TPSA) is 12.0 Å². The molecule has 0 fully saturated rings. The van der Waals surface area contributed by atoms with E-state index in [1.165, 1.54) is 16.0 Å². The molecule has 0 heterocycles. The molecule has 0 bridgehead atoms. The molecule has 0 radical (unpaired) electrons. The van der Waals surface area contributed by atoms with Crippen molar-refractivity contribution in [3.63, 3.8) is 0 Å². The number of benzene rings is 2. The summed E-state index contributed by atoms with van der Waals surface area (Å²) >= 11 is 11.7. The van der Waals surface area contributed by atoms with Crippen LogP contribution in [0.2, 0.25) is 5.02 Å². The van der Waals surface area contributed by atoms with Crippen molar-refractivity contribution < 1.29 is 0 Å². The van der Waals surface area contributed by atoms with Crippen molar-refractivity contribution in [2.45, 2.75) is 30.5 Å². The molecule has 1 unspecified atom stereocenters. The van der Waals surface area contributed by atoms with E-state index in [9.17, 15) is 0 Å². The second-order valence-corrected chi connectivity index (χ2v) is 7.15. The first kappa shape index (κ1) is 16.9. The van der Waals surface area contributed by atoms with Gasteiger partial charge in [0.25, 0.3) is 0 Å². The van der Waals surface area contributed by atoms with Crippen LogP contribution in [0.15, 0.2) is 51.8 Å². The maximum absolute atomic E-state index is 6.19. The van der Waals surface area contributed by atoms with Crippen LogP contribution in [0, 0.1) is 0 Å². The number of nitrogens with one attached hydrogen (secondary N) is 1. The van der Waals surface area contributed by atoms with Gasteiger partial charge in [-0.05, 0) is 42.8 Å². The second-order valence-electron chi connectivity index (χ2n) is 4.84. The zero-order valence-electron chi connectivity index (χ0n) is 12.2. The highest BCUT2D eigenvalue weighted by atomic mass is 79.9. The summed E-state index contributed by atoms with van der Waals surface area (Å²) in [4.78, 5) is 1.24. The zero-order chi connectivity index (χ0) is 15.2. The van der Waals surface area contributed by atoms with E-state index in [4.69, 9.17) is 11.6 Å². The molecule has 0 aliphatic rings. The molecule has 1 atom stereocenters. The minimum atomic E-state index is 0.354. The minimum absolute atomic E-state index is 0.354. The number of hydrogen-bond acceptors (Lipinski definition) is 2. The molecular weight excluding hydrogens is 366 g/mol. The molecule has 0 aromatic heterocycles. The van der Waals surface area contributed by atoms with E-state index in [0.29, 0.717) is 6.04 Å². The lowest BCUT2D eigenvalue weighted by atomic mass is 10.1. The van der Waals surface area contributed by atoms with E-state index < -0.39 is 0 Å². The molecule has 0 aliphatic heterocycles. The summed E-state index contributed by atoms with van der Waals surface area (Å²) in [6, 6.07) is 14.9. The molecular formula is C17H19BrClNS. The Labute approximate surface area is 144 Å². The summed E-state index contributed by atoms with van der Waals surface area (Å²) in [7, 11) is 0. The molecule has 0 saturated heterocycles. The van der Waals surface area contributed by atoms with E-state index >= 15 is 0 Å². The smallest absolute Gasteiger partial charge is 0.0446 e. The van der Waals surface area contributed by atoms with Gasteiger partial charge in [-0.25, -0.2) is 0 Å². The molecule has 2 aromatic carbocycles. The molecule has 0 aliphatic carbocycles. The van der Waals surface area contributed by atoms with Gasteiger partial charge < -0.3 is 5.32 Å². The van der Waals surface area contributed by atoms with E-state index in [1.807, 2.05) is 18.2 Å². The second kappa shape index (κ2) is 8.23. The highest BCUT2D eigenvalue weighted by Gasteiger charge is 2.09.